The molecule has 0 spiro atoms. The van der Waals surface area contributed by atoms with E-state index < -0.39 is 58.7 Å². The zero-order valence-electron chi connectivity index (χ0n) is 52.2. The summed E-state index contributed by atoms with van der Waals surface area (Å²) in [5, 5.41) is 29.5. The van der Waals surface area contributed by atoms with Crippen LogP contribution in [0.5, 0.6) is 0 Å². The third-order valence-electron chi connectivity index (χ3n) is 17.3. The molecule has 4 N–H and O–H groups in total. The van der Waals surface area contributed by atoms with Crippen molar-refractivity contribution in [2.45, 2.75) is 62.7 Å². The number of halogens is 4. The SMILES string of the molecule is CCOC(=O)C1=C(CN2CCN3C(=O)N(c4ccc(CCC(=O)O)cc4)C[C@]3(C)C2)NC(c2nccs2)=N[C@H]1c1ccc(F)cc1Br.COC[C@@]12CN(CC3=C(C(=O)OC)[C@H](c4cccc(F)c4Cl)N=C(c4nccs4)N3)CCN1C(=O)N(c1ccc(CCC(=O)O)cc1)C2. The van der Waals surface area contributed by atoms with Gasteiger partial charge in [-0.3, -0.25) is 39.2 Å². The molecule has 0 bridgehead atoms. The number of fused-ring (bicyclic) bond motifs is 2. The number of rotatable bonds is 21. The number of methoxy groups -OCH3 is 2. The number of carboxylic acid groups (broad SMARTS) is 2. The average Bonchev–Trinajstić information content (AvgIpc) is 1.72. The number of amides is 4. The number of piperazine rings is 2. The van der Waals surface area contributed by atoms with Crippen LogP contribution in [0.3, 0.4) is 0 Å². The molecule has 95 heavy (non-hydrogen) atoms. The summed E-state index contributed by atoms with van der Waals surface area (Å²) in [5.41, 5.74) is 4.60. The number of benzene rings is 4. The standard InChI is InChI=1S/C33H34BrFN6O5S.C33H34ClFN6O6S/c1-3-46-31(44)27-25(37-29(30-36-12-15-47-30)38-28(27)23-10-7-21(35)16-24(23)34)17-39-13-14-41-32(45)40(19-33(41,2)18-39)22-8-4-20(5-9-22)6-11-26(42)43;1-46-19-33-17-39(13-14-41(33)32(45)40(18-33)21-9-6-20(7-10-21)8-11-25(42)43)16-24-26(31(44)47-2)28(22-4-3-5-23(35)27(22)34)38-29(37-24)30-36-12-15-48-30/h4-5,7-10,12,15-16,28H,3,6,11,13-14,17-19H2,1-2H3,(H,37,38)(H,42,43);3-7,9-10,12,15,28H,8,11,13-14,16-19H2,1-2H3,(H,37,38)(H,42,43)/t2*28-,33-/m00/s1. The number of aliphatic carboxylic acids is 2. The summed E-state index contributed by atoms with van der Waals surface area (Å²) in [6.07, 6.45) is 4.23. The quantitative estimate of drug-likeness (QED) is 0.0489. The van der Waals surface area contributed by atoms with Crippen LogP contribution in [0.2, 0.25) is 5.02 Å². The Morgan fingerprint density at radius 3 is 1.76 bits per heavy atom. The van der Waals surface area contributed by atoms with E-state index in [4.69, 9.17) is 46.0 Å². The van der Waals surface area contributed by atoms with Crippen molar-refractivity contribution in [3.63, 3.8) is 0 Å². The first-order chi connectivity index (χ1) is 45.7. The lowest BCUT2D eigenvalue weighted by Crippen LogP contribution is -2.64. The fourth-order valence-corrected chi connectivity index (χ4v) is 14.9. The van der Waals surface area contributed by atoms with E-state index in [9.17, 15) is 37.5 Å². The third-order valence-corrected chi connectivity index (χ3v) is 20.0. The van der Waals surface area contributed by atoms with Gasteiger partial charge in [-0.05, 0) is 85.8 Å². The Bertz CT molecular complexity index is 4030. The number of nitrogens with one attached hydrogen (secondary N) is 2. The number of urea groups is 2. The molecular formula is C66H68BrClF2N12O11S2. The minimum Gasteiger partial charge on any atom is -0.481 e. The van der Waals surface area contributed by atoms with E-state index in [1.807, 2.05) is 69.1 Å². The summed E-state index contributed by atoms with van der Waals surface area (Å²) in [7, 11) is 2.88. The molecule has 4 saturated heterocycles. The van der Waals surface area contributed by atoms with Crippen LogP contribution in [-0.2, 0) is 46.2 Å². The molecule has 6 aromatic rings. The van der Waals surface area contributed by atoms with Crippen molar-refractivity contribution in [3.05, 3.63) is 184 Å². The Morgan fingerprint density at radius 2 is 1.23 bits per heavy atom. The Kier molecular flexibility index (Phi) is 20.9. The lowest BCUT2D eigenvalue weighted by Gasteiger charge is -2.45. The van der Waals surface area contributed by atoms with E-state index in [-0.39, 0.29) is 55.3 Å². The number of nitrogens with zero attached hydrogens (tertiary/aromatic N) is 10. The molecule has 498 valence electrons. The lowest BCUT2D eigenvalue weighted by atomic mass is 9.93. The number of anilines is 2. The van der Waals surface area contributed by atoms with Crippen LogP contribution < -0.4 is 20.4 Å². The highest BCUT2D eigenvalue weighted by Gasteiger charge is 2.54. The van der Waals surface area contributed by atoms with Gasteiger partial charge in [0.1, 0.15) is 23.7 Å². The zero-order valence-corrected chi connectivity index (χ0v) is 56.2. The second kappa shape index (κ2) is 29.2. The van der Waals surface area contributed by atoms with Gasteiger partial charge >= 0.3 is 35.9 Å². The summed E-state index contributed by atoms with van der Waals surface area (Å²) < 4.78 is 45.7. The molecule has 0 saturated carbocycles. The Balaban J connectivity index is 0.000000193. The molecule has 4 amide bonds. The van der Waals surface area contributed by atoms with Gasteiger partial charge in [-0.15, -0.1) is 22.7 Å². The van der Waals surface area contributed by atoms with Gasteiger partial charge in [0.25, 0.3) is 0 Å². The van der Waals surface area contributed by atoms with Crippen LogP contribution in [0.1, 0.15) is 71.0 Å². The van der Waals surface area contributed by atoms with E-state index in [1.165, 1.54) is 54.0 Å². The topological polar surface area (TPSA) is 265 Å². The van der Waals surface area contributed by atoms with Crippen LogP contribution in [0.25, 0.3) is 0 Å². The molecule has 4 atom stereocenters. The van der Waals surface area contributed by atoms with Crippen molar-refractivity contribution in [2.24, 2.45) is 9.98 Å². The van der Waals surface area contributed by atoms with Gasteiger partial charge in [0.05, 0.1) is 60.7 Å². The van der Waals surface area contributed by atoms with Crippen molar-refractivity contribution >= 4 is 109 Å². The average molecular weight is 1420 g/mol. The second-order valence-electron chi connectivity index (χ2n) is 23.7. The van der Waals surface area contributed by atoms with Gasteiger partial charge in [0, 0.05) is 128 Å². The van der Waals surface area contributed by atoms with E-state index in [2.05, 4.69) is 53.3 Å². The van der Waals surface area contributed by atoms with Crippen LogP contribution in [0.15, 0.2) is 145 Å². The zero-order chi connectivity index (χ0) is 67.3. The maximum absolute atomic E-state index is 14.7. The van der Waals surface area contributed by atoms with Gasteiger partial charge in [0.15, 0.2) is 21.7 Å². The number of aliphatic imine (C=N–C) groups is 2. The van der Waals surface area contributed by atoms with Gasteiger partial charge in [0.2, 0.25) is 0 Å². The number of ether oxygens (including phenoxy) is 3. The number of carbonyl (C=O) groups is 6. The number of aryl methyl sites for hydroxylation is 2. The Morgan fingerprint density at radius 1 is 0.695 bits per heavy atom. The fraction of sp³-hybridized carbons (Fsp3) is 0.364. The molecule has 6 aliphatic heterocycles. The first-order valence-corrected chi connectivity index (χ1v) is 33.5. The van der Waals surface area contributed by atoms with Gasteiger partial charge in [-0.2, -0.15) is 0 Å². The minimum absolute atomic E-state index is 0.0265. The molecule has 2 aromatic heterocycles. The number of hydrogen-bond donors (Lipinski definition) is 4. The van der Waals surface area contributed by atoms with Crippen molar-refractivity contribution in [2.75, 3.05) is 103 Å². The maximum Gasteiger partial charge on any atom is 0.338 e. The number of carbonyl (C=O) groups excluding carboxylic acids is 4. The molecule has 23 nitrogen and oxygen atoms in total. The number of esters is 2. The summed E-state index contributed by atoms with van der Waals surface area (Å²) in [6, 6.07) is 21.6. The molecule has 8 heterocycles. The maximum atomic E-state index is 14.7. The minimum atomic E-state index is -0.966. The van der Waals surface area contributed by atoms with Gasteiger partial charge in [-0.1, -0.05) is 70.0 Å². The van der Waals surface area contributed by atoms with Crippen LogP contribution >= 0.6 is 50.2 Å². The normalized spacial score (nSPS) is 21.3. The molecule has 4 fully saturated rings. The van der Waals surface area contributed by atoms with Crippen molar-refractivity contribution in [1.29, 1.82) is 0 Å². The predicted octanol–water partition coefficient (Wildman–Crippen LogP) is 9.10. The number of hydrogen-bond acceptors (Lipinski definition) is 19. The van der Waals surface area contributed by atoms with Crippen molar-refractivity contribution in [3.8, 4) is 0 Å². The van der Waals surface area contributed by atoms with Crippen LogP contribution in [0, 0.1) is 11.6 Å². The summed E-state index contributed by atoms with van der Waals surface area (Å²) in [4.78, 5) is 106. The van der Waals surface area contributed by atoms with Crippen LogP contribution in [-0.4, -0.2) is 191 Å². The monoisotopic (exact) mass is 1420 g/mol. The van der Waals surface area contributed by atoms with Crippen LogP contribution in [0.4, 0.5) is 29.7 Å². The molecule has 12 rings (SSSR count). The molecule has 0 aliphatic carbocycles. The predicted molar refractivity (Wildman–Crippen MR) is 357 cm³/mol. The summed E-state index contributed by atoms with van der Waals surface area (Å²) in [6.45, 7) is 8.60. The first kappa shape index (κ1) is 67.9. The van der Waals surface area contributed by atoms with E-state index in [1.54, 1.807) is 48.4 Å². The van der Waals surface area contributed by atoms with E-state index in [0.29, 0.717) is 132 Å². The van der Waals surface area contributed by atoms with E-state index >= 15 is 0 Å². The first-order valence-electron chi connectivity index (χ1n) is 30.5. The highest BCUT2D eigenvalue weighted by atomic mass is 79.9. The number of carboxylic acids is 2. The third kappa shape index (κ3) is 14.7. The Hall–Kier alpha value is -8.51. The molecule has 4 aromatic carbocycles. The second-order valence-corrected chi connectivity index (χ2v) is 26.7. The van der Waals surface area contributed by atoms with E-state index in [0.717, 1.165) is 16.8 Å². The smallest absolute Gasteiger partial charge is 0.338 e. The van der Waals surface area contributed by atoms with Gasteiger partial charge in [-0.25, -0.2) is 37.9 Å². The number of thiazole rings is 2. The molecule has 6 aliphatic rings. The fourth-order valence-electron chi connectivity index (χ4n) is 13.0. The summed E-state index contributed by atoms with van der Waals surface area (Å²) >= 11 is 12.7. The molecule has 29 heteroatoms. The van der Waals surface area contributed by atoms with Crippen molar-refractivity contribution < 1.29 is 62.0 Å². The van der Waals surface area contributed by atoms with Gasteiger partial charge < -0.3 is 44.9 Å². The molecule has 0 unspecified atom stereocenters. The Labute approximate surface area is 567 Å². The number of aromatic nitrogens is 2. The highest BCUT2D eigenvalue weighted by molar-refractivity contribution is 9.10. The largest absolute Gasteiger partial charge is 0.481 e. The molecular weight excluding hydrogens is 1350 g/mol. The molecule has 0 radical (unpaired) electrons. The summed E-state index contributed by atoms with van der Waals surface area (Å²) in [5.74, 6) is -3.00. The lowest BCUT2D eigenvalue weighted by molar-refractivity contribution is -0.139. The van der Waals surface area contributed by atoms with Crippen molar-refractivity contribution in [1.82, 2.24) is 40.2 Å². The number of amidine groups is 2. The highest BCUT2D eigenvalue weighted by Crippen LogP contribution is 2.42.